The molecule has 2 rings (SSSR count). The Morgan fingerprint density at radius 2 is 1.86 bits per heavy atom. The predicted molar refractivity (Wildman–Crippen MR) is 88.4 cm³/mol. The highest BCUT2D eigenvalue weighted by Crippen LogP contribution is 2.22. The molecule has 22 heavy (non-hydrogen) atoms. The topological polar surface area (TPSA) is 59.5 Å². The minimum atomic E-state index is 0.194. The molecule has 0 bridgehead atoms. The van der Waals surface area contributed by atoms with E-state index in [1.807, 2.05) is 47.8 Å². The molecule has 1 aromatic carbocycles. The minimum absolute atomic E-state index is 0.194. The smallest absolute Gasteiger partial charge is 0.330 e. The van der Waals surface area contributed by atoms with Gasteiger partial charge in [-0.05, 0) is 42.5 Å². The van der Waals surface area contributed by atoms with Crippen LogP contribution in [-0.2, 0) is 20.5 Å². The number of hydrogen-bond donors (Lipinski definition) is 1. The van der Waals surface area contributed by atoms with E-state index >= 15 is 0 Å². The summed E-state index contributed by atoms with van der Waals surface area (Å²) in [7, 11) is 3.91. The van der Waals surface area contributed by atoms with Crippen molar-refractivity contribution < 1.29 is 4.57 Å². The lowest BCUT2D eigenvalue weighted by molar-refractivity contribution is -0.657. The van der Waals surface area contributed by atoms with Crippen molar-refractivity contribution >= 4 is 11.6 Å². The van der Waals surface area contributed by atoms with E-state index in [4.69, 9.17) is 5.73 Å². The summed E-state index contributed by atoms with van der Waals surface area (Å²) in [6.07, 6.45) is 6.03. The number of hydrogen-bond acceptors (Lipinski definition) is 3. The van der Waals surface area contributed by atoms with E-state index < -0.39 is 0 Å². The average molecular weight is 300 g/mol. The molecule has 0 aliphatic carbocycles. The molecule has 0 aliphatic heterocycles. The van der Waals surface area contributed by atoms with E-state index in [-0.39, 0.29) is 5.41 Å². The lowest BCUT2D eigenvalue weighted by atomic mass is 9.86. The molecule has 0 saturated heterocycles. The van der Waals surface area contributed by atoms with Gasteiger partial charge < -0.3 is 5.73 Å². The van der Waals surface area contributed by atoms with Gasteiger partial charge in [-0.15, -0.1) is 0 Å². The van der Waals surface area contributed by atoms with Crippen molar-refractivity contribution in [3.05, 3.63) is 42.2 Å². The number of aryl methyl sites for hydroxylation is 3. The molecule has 0 unspecified atom stereocenters. The monoisotopic (exact) mass is 300 g/mol. The van der Waals surface area contributed by atoms with Crippen molar-refractivity contribution in [3.63, 3.8) is 0 Å². The van der Waals surface area contributed by atoms with Gasteiger partial charge in [0.25, 0.3) is 0 Å². The largest absolute Gasteiger partial charge is 0.421 e. The van der Waals surface area contributed by atoms with Crippen LogP contribution in [0.2, 0.25) is 0 Å². The lowest BCUT2D eigenvalue weighted by Crippen LogP contribution is -2.25. The number of imidazole rings is 1. The van der Waals surface area contributed by atoms with E-state index in [1.54, 1.807) is 0 Å². The zero-order valence-corrected chi connectivity index (χ0v) is 14.0. The normalized spacial score (nSPS) is 12.2. The maximum atomic E-state index is 5.77. The summed E-state index contributed by atoms with van der Waals surface area (Å²) in [5.74, 6) is 0.814. The van der Waals surface area contributed by atoms with Gasteiger partial charge >= 0.3 is 5.95 Å². The molecule has 0 atom stereocenters. The summed E-state index contributed by atoms with van der Waals surface area (Å²) in [6, 6.07) is 8.26. The fraction of sp³-hybridized carbons (Fsp3) is 0.471. The highest BCUT2D eigenvalue weighted by molar-refractivity contribution is 5.38. The molecular formula is C17H26N5+. The summed E-state index contributed by atoms with van der Waals surface area (Å²) in [5.41, 5.74) is 8.14. The Morgan fingerprint density at radius 3 is 2.41 bits per heavy atom. The van der Waals surface area contributed by atoms with Gasteiger partial charge in [-0.3, -0.25) is 0 Å². The van der Waals surface area contributed by atoms with Crippen molar-refractivity contribution in [1.82, 2.24) is 4.57 Å². The maximum absolute atomic E-state index is 5.77. The van der Waals surface area contributed by atoms with Crippen LogP contribution in [0.5, 0.6) is 0 Å². The van der Waals surface area contributed by atoms with Crippen LogP contribution >= 0.6 is 0 Å². The average Bonchev–Trinajstić information content (AvgIpc) is 2.83. The third kappa shape index (κ3) is 4.24. The van der Waals surface area contributed by atoms with Crippen LogP contribution in [-0.4, -0.2) is 11.1 Å². The molecule has 0 radical (unpaired) electrons. The van der Waals surface area contributed by atoms with Crippen LogP contribution < -0.4 is 10.3 Å². The number of rotatable bonds is 6. The third-order valence-corrected chi connectivity index (χ3v) is 3.98. The second kappa shape index (κ2) is 6.83. The van der Waals surface area contributed by atoms with E-state index in [0.29, 0.717) is 6.54 Å². The first kappa shape index (κ1) is 16.4. The highest BCUT2D eigenvalue weighted by atomic mass is 15.3. The van der Waals surface area contributed by atoms with Gasteiger partial charge in [-0.1, -0.05) is 31.1 Å². The van der Waals surface area contributed by atoms with Gasteiger partial charge in [-0.25, -0.2) is 9.13 Å². The number of aromatic nitrogens is 2. The van der Waals surface area contributed by atoms with Crippen LogP contribution in [0.15, 0.2) is 46.9 Å². The van der Waals surface area contributed by atoms with Crippen LogP contribution in [0.3, 0.4) is 0 Å². The first-order chi connectivity index (χ1) is 10.4. The minimum Gasteiger partial charge on any atom is -0.330 e. The van der Waals surface area contributed by atoms with Crippen LogP contribution in [0.25, 0.3) is 0 Å². The van der Waals surface area contributed by atoms with Crippen molar-refractivity contribution in [2.24, 2.45) is 35.5 Å². The SMILES string of the molecule is Cn1cc[n+](C)c1/N=N/c1ccc(CCC(C)(C)CN)cc1. The van der Waals surface area contributed by atoms with E-state index in [0.717, 1.165) is 24.5 Å². The molecule has 2 aromatic rings. The number of nitrogens with two attached hydrogens (primary N) is 1. The Hall–Kier alpha value is -2.01. The molecule has 5 nitrogen and oxygen atoms in total. The Morgan fingerprint density at radius 1 is 1.18 bits per heavy atom. The maximum Gasteiger partial charge on any atom is 0.421 e. The third-order valence-electron chi connectivity index (χ3n) is 3.98. The first-order valence-electron chi connectivity index (χ1n) is 7.63. The molecule has 0 amide bonds. The standard InChI is InChI=1S/C17H26N5/c1-17(2,13-18)10-9-14-5-7-15(8-6-14)19-20-16-21(3)11-12-22(16)4/h5-8,11-12H,9-10,13,18H2,1-4H3/q+1. The summed E-state index contributed by atoms with van der Waals surface area (Å²) >= 11 is 0. The van der Waals surface area contributed by atoms with Gasteiger partial charge in [0.15, 0.2) is 0 Å². The molecule has 0 fully saturated rings. The molecular weight excluding hydrogens is 274 g/mol. The quantitative estimate of drug-likeness (QED) is 0.646. The summed E-state index contributed by atoms with van der Waals surface area (Å²) < 4.78 is 3.87. The number of azo groups is 1. The Labute approximate surface area is 132 Å². The molecule has 5 heteroatoms. The second-order valence-corrected chi connectivity index (χ2v) is 6.55. The van der Waals surface area contributed by atoms with Crippen molar-refractivity contribution in [2.45, 2.75) is 26.7 Å². The van der Waals surface area contributed by atoms with Gasteiger partial charge in [-0.2, -0.15) is 0 Å². The Balaban J connectivity index is 2.00. The zero-order valence-electron chi connectivity index (χ0n) is 14.0. The van der Waals surface area contributed by atoms with Gasteiger partial charge in [0.2, 0.25) is 0 Å². The summed E-state index contributed by atoms with van der Waals surface area (Å²) in [5, 5.41) is 8.60. The molecule has 1 heterocycles. The molecule has 0 aliphatic rings. The molecule has 118 valence electrons. The van der Waals surface area contributed by atoms with E-state index in [2.05, 4.69) is 36.2 Å². The van der Waals surface area contributed by atoms with Gasteiger partial charge in [0.05, 0.1) is 26.5 Å². The molecule has 0 saturated carbocycles. The van der Waals surface area contributed by atoms with Crippen molar-refractivity contribution in [1.29, 1.82) is 0 Å². The number of nitrogens with zero attached hydrogens (tertiary/aromatic N) is 4. The van der Waals surface area contributed by atoms with Gasteiger partial charge in [0, 0.05) is 5.11 Å². The molecule has 1 aromatic heterocycles. The summed E-state index contributed by atoms with van der Waals surface area (Å²) in [6.45, 7) is 5.12. The lowest BCUT2D eigenvalue weighted by Gasteiger charge is -2.21. The zero-order chi connectivity index (χ0) is 16.2. The predicted octanol–water partition coefficient (Wildman–Crippen LogP) is 3.18. The van der Waals surface area contributed by atoms with Crippen molar-refractivity contribution in [3.8, 4) is 0 Å². The highest BCUT2D eigenvalue weighted by Gasteiger charge is 2.15. The van der Waals surface area contributed by atoms with E-state index in [9.17, 15) is 0 Å². The first-order valence-corrected chi connectivity index (χ1v) is 7.63. The van der Waals surface area contributed by atoms with Crippen LogP contribution in [0, 0.1) is 5.41 Å². The fourth-order valence-corrected chi connectivity index (χ4v) is 2.14. The van der Waals surface area contributed by atoms with Crippen LogP contribution in [0.4, 0.5) is 11.6 Å². The second-order valence-electron chi connectivity index (χ2n) is 6.55. The molecule has 2 N–H and O–H groups in total. The Kier molecular flexibility index (Phi) is 5.08. The Bertz CT molecular complexity index is 618. The summed E-state index contributed by atoms with van der Waals surface area (Å²) in [4.78, 5) is 0. The fourth-order valence-electron chi connectivity index (χ4n) is 2.14. The van der Waals surface area contributed by atoms with E-state index in [1.165, 1.54) is 5.56 Å². The van der Waals surface area contributed by atoms with Gasteiger partial charge in [0.1, 0.15) is 5.69 Å². The molecule has 0 spiro atoms. The number of benzene rings is 1. The van der Waals surface area contributed by atoms with Crippen molar-refractivity contribution in [2.75, 3.05) is 6.54 Å². The van der Waals surface area contributed by atoms with Crippen LogP contribution in [0.1, 0.15) is 25.8 Å².